The zero-order valence-corrected chi connectivity index (χ0v) is 11.8. The molecule has 0 amide bonds. The van der Waals surface area contributed by atoms with Gasteiger partial charge in [-0.25, -0.2) is 0 Å². The number of ketones is 1. The van der Waals surface area contributed by atoms with Crippen LogP contribution in [0.15, 0.2) is 16.1 Å². The first-order valence-electron chi connectivity index (χ1n) is 5.37. The maximum Gasteiger partial charge on any atom is 0.164 e. The van der Waals surface area contributed by atoms with E-state index < -0.39 is 0 Å². The summed E-state index contributed by atoms with van der Waals surface area (Å²) in [6.45, 7) is 5.82. The third-order valence-electron chi connectivity index (χ3n) is 2.68. The number of Topliss-reactive ketones (excluding diaryl/α,β-unsaturated/α-hetero) is 1. The molecule has 0 saturated carbocycles. The van der Waals surface area contributed by atoms with Crippen LogP contribution in [0.5, 0.6) is 0 Å². The van der Waals surface area contributed by atoms with Gasteiger partial charge in [0.25, 0.3) is 0 Å². The van der Waals surface area contributed by atoms with Crippen molar-refractivity contribution in [2.45, 2.75) is 33.6 Å². The highest BCUT2D eigenvalue weighted by molar-refractivity contribution is 9.10. The topological polar surface area (TPSA) is 34.9 Å². The summed E-state index contributed by atoms with van der Waals surface area (Å²) in [5.74, 6) is 0.175. The summed E-state index contributed by atoms with van der Waals surface area (Å²) in [6, 6.07) is 0. The monoisotopic (exact) mass is 284 g/mol. The smallest absolute Gasteiger partial charge is 0.164 e. The fourth-order valence-corrected chi connectivity index (χ4v) is 2.18. The highest BCUT2D eigenvalue weighted by Gasteiger charge is 2.15. The summed E-state index contributed by atoms with van der Waals surface area (Å²) in [7, 11) is 1.86. The van der Waals surface area contributed by atoms with Crippen molar-refractivity contribution in [3.63, 3.8) is 0 Å². The number of hydrogen-bond donors (Lipinski definition) is 0. The molecular formula is C12H17BrN2O. The average Bonchev–Trinajstić information content (AvgIpc) is 2.47. The fraction of sp³-hybridized carbons (Fsp3) is 0.500. The molecule has 0 N–H and O–H groups in total. The third kappa shape index (κ3) is 2.61. The molecule has 1 aromatic rings. The van der Waals surface area contributed by atoms with E-state index in [4.69, 9.17) is 0 Å². The third-order valence-corrected chi connectivity index (χ3v) is 3.71. The Balaban J connectivity index is 2.93. The number of aromatic nitrogens is 2. The second-order valence-electron chi connectivity index (χ2n) is 3.74. The van der Waals surface area contributed by atoms with Crippen LogP contribution in [0.1, 0.15) is 31.7 Å². The van der Waals surface area contributed by atoms with Gasteiger partial charge in [-0.1, -0.05) is 13.0 Å². The average molecular weight is 285 g/mol. The molecule has 0 aliphatic heterocycles. The predicted molar refractivity (Wildman–Crippen MR) is 68.4 cm³/mol. The van der Waals surface area contributed by atoms with Crippen molar-refractivity contribution >= 4 is 21.7 Å². The highest BCUT2D eigenvalue weighted by atomic mass is 79.9. The fourth-order valence-electron chi connectivity index (χ4n) is 1.70. The van der Waals surface area contributed by atoms with Gasteiger partial charge in [0.05, 0.1) is 22.3 Å². The van der Waals surface area contributed by atoms with E-state index in [9.17, 15) is 4.79 Å². The van der Waals surface area contributed by atoms with Crippen molar-refractivity contribution in [1.82, 2.24) is 9.78 Å². The number of allylic oxidation sites excluding steroid dienone is 2. The van der Waals surface area contributed by atoms with Gasteiger partial charge in [-0.15, -0.1) is 0 Å². The first-order valence-corrected chi connectivity index (χ1v) is 6.16. The van der Waals surface area contributed by atoms with Gasteiger partial charge in [-0.3, -0.25) is 9.48 Å². The van der Waals surface area contributed by atoms with Crippen molar-refractivity contribution in [2.24, 2.45) is 7.05 Å². The molecule has 88 valence electrons. The SMILES string of the molecule is CC=C(CC)C(=O)Cc1c(Br)c(C)nn1C. The first kappa shape index (κ1) is 13.2. The van der Waals surface area contributed by atoms with Crippen LogP contribution in [0, 0.1) is 6.92 Å². The molecule has 0 spiro atoms. The Kier molecular flexibility index (Phi) is 4.47. The molecule has 0 atom stereocenters. The molecule has 3 nitrogen and oxygen atoms in total. The number of carbonyl (C=O) groups is 1. The number of hydrogen-bond acceptors (Lipinski definition) is 2. The maximum absolute atomic E-state index is 12.0. The van der Waals surface area contributed by atoms with Crippen molar-refractivity contribution in [3.05, 3.63) is 27.5 Å². The van der Waals surface area contributed by atoms with Crippen LogP contribution in [0.3, 0.4) is 0 Å². The van der Waals surface area contributed by atoms with Crippen LogP contribution < -0.4 is 0 Å². The van der Waals surface area contributed by atoms with E-state index in [1.165, 1.54) is 0 Å². The van der Waals surface area contributed by atoms with Crippen LogP contribution in [0.4, 0.5) is 0 Å². The van der Waals surface area contributed by atoms with E-state index >= 15 is 0 Å². The van der Waals surface area contributed by atoms with Gasteiger partial charge in [0, 0.05) is 7.05 Å². The molecule has 1 heterocycles. The van der Waals surface area contributed by atoms with Gasteiger partial charge in [-0.05, 0) is 41.8 Å². The Hall–Kier alpha value is -0.900. The van der Waals surface area contributed by atoms with Crippen LogP contribution in [-0.4, -0.2) is 15.6 Å². The number of rotatable bonds is 4. The van der Waals surface area contributed by atoms with E-state index in [0.29, 0.717) is 6.42 Å². The summed E-state index contributed by atoms with van der Waals surface area (Å²) >= 11 is 3.47. The van der Waals surface area contributed by atoms with Crippen LogP contribution >= 0.6 is 15.9 Å². The molecule has 0 radical (unpaired) electrons. The molecule has 0 bridgehead atoms. The van der Waals surface area contributed by atoms with Gasteiger partial charge in [0.15, 0.2) is 5.78 Å². The van der Waals surface area contributed by atoms with Crippen molar-refractivity contribution < 1.29 is 4.79 Å². The Labute approximate surface area is 105 Å². The Bertz CT molecular complexity index is 432. The molecule has 0 aliphatic carbocycles. The second-order valence-corrected chi connectivity index (χ2v) is 4.53. The lowest BCUT2D eigenvalue weighted by Crippen LogP contribution is -2.10. The Morgan fingerprint density at radius 2 is 2.19 bits per heavy atom. The molecule has 0 unspecified atom stereocenters. The number of carbonyl (C=O) groups excluding carboxylic acids is 1. The Morgan fingerprint density at radius 1 is 1.56 bits per heavy atom. The molecular weight excluding hydrogens is 268 g/mol. The highest BCUT2D eigenvalue weighted by Crippen LogP contribution is 2.21. The largest absolute Gasteiger partial charge is 0.294 e. The minimum Gasteiger partial charge on any atom is -0.294 e. The van der Waals surface area contributed by atoms with Crippen LogP contribution in [0.2, 0.25) is 0 Å². The van der Waals surface area contributed by atoms with E-state index in [0.717, 1.165) is 27.9 Å². The Morgan fingerprint density at radius 3 is 2.56 bits per heavy atom. The summed E-state index contributed by atoms with van der Waals surface area (Å²) in [4.78, 5) is 12.0. The molecule has 0 aromatic carbocycles. The number of halogens is 1. The van der Waals surface area contributed by atoms with E-state index in [-0.39, 0.29) is 5.78 Å². The lowest BCUT2D eigenvalue weighted by molar-refractivity contribution is -0.115. The van der Waals surface area contributed by atoms with E-state index in [2.05, 4.69) is 21.0 Å². The maximum atomic E-state index is 12.0. The van der Waals surface area contributed by atoms with Gasteiger partial charge in [-0.2, -0.15) is 5.10 Å². The zero-order chi connectivity index (χ0) is 12.3. The van der Waals surface area contributed by atoms with Gasteiger partial charge in [0.2, 0.25) is 0 Å². The normalized spacial score (nSPS) is 11.9. The molecule has 4 heteroatoms. The lowest BCUT2D eigenvalue weighted by Gasteiger charge is -2.04. The number of nitrogens with zero attached hydrogens (tertiary/aromatic N) is 2. The molecule has 16 heavy (non-hydrogen) atoms. The molecule has 0 saturated heterocycles. The van der Waals surface area contributed by atoms with E-state index in [1.807, 2.05) is 33.9 Å². The minimum atomic E-state index is 0.175. The predicted octanol–water partition coefficient (Wildman–Crippen LogP) is 2.96. The van der Waals surface area contributed by atoms with E-state index in [1.54, 1.807) is 4.68 Å². The van der Waals surface area contributed by atoms with Gasteiger partial charge >= 0.3 is 0 Å². The molecule has 1 aromatic heterocycles. The van der Waals surface area contributed by atoms with Gasteiger partial charge < -0.3 is 0 Å². The molecule has 0 aliphatic rings. The molecule has 0 fully saturated rings. The number of aryl methyl sites for hydroxylation is 2. The van der Waals surface area contributed by atoms with Crippen molar-refractivity contribution in [1.29, 1.82) is 0 Å². The first-order chi connectivity index (χ1) is 7.51. The summed E-state index contributed by atoms with van der Waals surface area (Å²) in [6.07, 6.45) is 3.08. The van der Waals surface area contributed by atoms with Crippen molar-refractivity contribution in [2.75, 3.05) is 0 Å². The van der Waals surface area contributed by atoms with Crippen LogP contribution in [0.25, 0.3) is 0 Å². The summed E-state index contributed by atoms with van der Waals surface area (Å²) in [5, 5.41) is 4.27. The second kappa shape index (κ2) is 5.43. The van der Waals surface area contributed by atoms with Crippen molar-refractivity contribution in [3.8, 4) is 0 Å². The zero-order valence-electron chi connectivity index (χ0n) is 10.2. The molecule has 1 rings (SSSR count). The summed E-state index contributed by atoms with van der Waals surface area (Å²) < 4.78 is 2.70. The quantitative estimate of drug-likeness (QED) is 0.797. The lowest BCUT2D eigenvalue weighted by atomic mass is 10.0. The van der Waals surface area contributed by atoms with Gasteiger partial charge in [0.1, 0.15) is 0 Å². The van der Waals surface area contributed by atoms with Crippen LogP contribution in [-0.2, 0) is 18.3 Å². The standard InChI is InChI=1S/C12H17BrN2O/c1-5-9(6-2)11(16)7-10-12(13)8(3)14-15(10)4/h5H,6-7H2,1-4H3. The summed E-state index contributed by atoms with van der Waals surface area (Å²) in [5.41, 5.74) is 2.74. The minimum absolute atomic E-state index is 0.175.